The summed E-state index contributed by atoms with van der Waals surface area (Å²) in [6.45, 7) is 4.53. The summed E-state index contributed by atoms with van der Waals surface area (Å²) in [5.74, 6) is 0.720. The summed E-state index contributed by atoms with van der Waals surface area (Å²) >= 11 is 7.83. The molecular formula is C27H33ClF3N5S. The maximum atomic E-state index is 13.0. The fourth-order valence-corrected chi connectivity index (χ4v) is 7.08. The number of likely N-dealkylation sites (tertiary alicyclic amines) is 1. The van der Waals surface area contributed by atoms with Crippen molar-refractivity contribution in [3.8, 4) is 10.6 Å². The lowest BCUT2D eigenvalue weighted by molar-refractivity contribution is -0.150. The van der Waals surface area contributed by atoms with Crippen LogP contribution >= 0.6 is 22.9 Å². The molecule has 5 nitrogen and oxygen atoms in total. The Labute approximate surface area is 224 Å². The van der Waals surface area contributed by atoms with E-state index in [1.165, 1.54) is 5.57 Å². The summed E-state index contributed by atoms with van der Waals surface area (Å²) in [6, 6.07) is 0.232. The first kappa shape index (κ1) is 26.6. The number of piperidine rings is 1. The Balaban J connectivity index is 1.38. The molecule has 200 valence electrons. The summed E-state index contributed by atoms with van der Waals surface area (Å²) in [4.78, 5) is 15.4. The van der Waals surface area contributed by atoms with Gasteiger partial charge in [0.25, 0.3) is 0 Å². The number of thiazole rings is 1. The first-order chi connectivity index (χ1) is 17.7. The van der Waals surface area contributed by atoms with Crippen LogP contribution < -0.4 is 0 Å². The summed E-state index contributed by atoms with van der Waals surface area (Å²) in [7, 11) is 0. The number of rotatable bonds is 7. The molecule has 0 amide bonds. The van der Waals surface area contributed by atoms with Crippen LogP contribution in [0.5, 0.6) is 0 Å². The average Bonchev–Trinajstić information content (AvgIpc) is 3.59. The summed E-state index contributed by atoms with van der Waals surface area (Å²) in [5, 5.41) is 4.16. The molecule has 2 fully saturated rings. The topological polar surface area (TPSA) is 46.8 Å². The van der Waals surface area contributed by atoms with Crippen LogP contribution in [0.3, 0.4) is 0 Å². The van der Waals surface area contributed by atoms with Gasteiger partial charge in [-0.1, -0.05) is 19.4 Å². The lowest BCUT2D eigenvalue weighted by atomic mass is 9.84. The first-order valence-electron chi connectivity index (χ1n) is 13.2. The fraction of sp³-hybridized carbons (Fsp3) is 0.593. The monoisotopic (exact) mass is 551 g/mol. The number of hydrogen-bond donors (Lipinski definition) is 0. The zero-order valence-corrected chi connectivity index (χ0v) is 22.8. The van der Waals surface area contributed by atoms with E-state index in [1.807, 2.05) is 0 Å². The van der Waals surface area contributed by atoms with Crippen LogP contribution in [0.25, 0.3) is 27.2 Å². The average molecular weight is 552 g/mol. The van der Waals surface area contributed by atoms with Gasteiger partial charge in [-0.25, -0.2) is 9.97 Å². The SMILES string of the molecule is CCC/C=C(\C)c1csc(-c2cn(C3CCC(C4CCCN(CC(F)(F)F)C4)C3)c3nc(Cl)ncc23)n1. The van der Waals surface area contributed by atoms with Gasteiger partial charge in [-0.05, 0) is 81.0 Å². The third-order valence-corrected chi connectivity index (χ3v) is 8.93. The molecule has 0 N–H and O–H groups in total. The van der Waals surface area contributed by atoms with Gasteiger partial charge in [0.15, 0.2) is 0 Å². The summed E-state index contributed by atoms with van der Waals surface area (Å²) in [5.41, 5.74) is 3.98. The lowest BCUT2D eigenvalue weighted by Gasteiger charge is -2.36. The van der Waals surface area contributed by atoms with Crippen molar-refractivity contribution in [2.24, 2.45) is 11.8 Å². The number of alkyl halides is 3. The van der Waals surface area contributed by atoms with E-state index in [0.717, 1.165) is 72.2 Å². The number of unbranched alkanes of at least 4 members (excludes halogenated alkanes) is 1. The predicted octanol–water partition coefficient (Wildman–Crippen LogP) is 8.03. The molecule has 1 aliphatic heterocycles. The molecule has 5 rings (SSSR count). The van der Waals surface area contributed by atoms with E-state index in [2.05, 4.69) is 46.0 Å². The quantitative estimate of drug-likeness (QED) is 0.279. The molecule has 1 saturated heterocycles. The Morgan fingerprint density at radius 1 is 1.22 bits per heavy atom. The largest absolute Gasteiger partial charge is 0.401 e. The zero-order valence-electron chi connectivity index (χ0n) is 21.3. The Morgan fingerprint density at radius 2 is 2.05 bits per heavy atom. The third-order valence-electron chi connectivity index (χ3n) is 7.87. The molecule has 0 radical (unpaired) electrons. The Morgan fingerprint density at radius 3 is 2.84 bits per heavy atom. The molecule has 0 bridgehead atoms. The van der Waals surface area contributed by atoms with Gasteiger partial charge in [0.05, 0.1) is 12.2 Å². The second-order valence-corrected chi connectivity index (χ2v) is 11.7. The number of allylic oxidation sites excluding steroid dienone is 2. The highest BCUT2D eigenvalue weighted by Gasteiger charge is 2.38. The van der Waals surface area contributed by atoms with Crippen molar-refractivity contribution in [2.45, 2.75) is 71.0 Å². The van der Waals surface area contributed by atoms with Crippen molar-refractivity contribution in [1.29, 1.82) is 0 Å². The molecular weight excluding hydrogens is 519 g/mol. The van der Waals surface area contributed by atoms with Gasteiger partial charge in [-0.15, -0.1) is 11.3 Å². The smallest absolute Gasteiger partial charge is 0.329 e. The summed E-state index contributed by atoms with van der Waals surface area (Å²) in [6.07, 6.45) is 8.91. The van der Waals surface area contributed by atoms with Crippen molar-refractivity contribution in [2.75, 3.05) is 19.6 Å². The number of aromatic nitrogens is 4. The van der Waals surface area contributed by atoms with Crippen molar-refractivity contribution in [3.63, 3.8) is 0 Å². The van der Waals surface area contributed by atoms with Crippen LogP contribution in [-0.4, -0.2) is 50.2 Å². The van der Waals surface area contributed by atoms with Gasteiger partial charge in [-0.3, -0.25) is 4.90 Å². The van der Waals surface area contributed by atoms with Crippen molar-refractivity contribution < 1.29 is 13.2 Å². The Bertz CT molecular complexity index is 1270. The molecule has 37 heavy (non-hydrogen) atoms. The van der Waals surface area contributed by atoms with Gasteiger partial charge in [0, 0.05) is 41.3 Å². The van der Waals surface area contributed by atoms with Crippen molar-refractivity contribution in [3.05, 3.63) is 34.8 Å². The van der Waals surface area contributed by atoms with E-state index in [4.69, 9.17) is 16.6 Å². The van der Waals surface area contributed by atoms with E-state index in [1.54, 1.807) is 22.4 Å². The minimum Gasteiger partial charge on any atom is -0.329 e. The number of nitrogens with zero attached hydrogens (tertiary/aromatic N) is 5. The first-order valence-corrected chi connectivity index (χ1v) is 14.4. The predicted molar refractivity (Wildman–Crippen MR) is 144 cm³/mol. The van der Waals surface area contributed by atoms with Crippen LogP contribution in [0.4, 0.5) is 13.2 Å². The molecule has 3 aromatic heterocycles. The maximum absolute atomic E-state index is 13.0. The van der Waals surface area contributed by atoms with E-state index < -0.39 is 12.7 Å². The molecule has 2 aliphatic rings. The van der Waals surface area contributed by atoms with E-state index in [0.29, 0.717) is 24.9 Å². The van der Waals surface area contributed by atoms with Crippen molar-refractivity contribution >= 4 is 39.5 Å². The van der Waals surface area contributed by atoms with Gasteiger partial charge in [0.2, 0.25) is 5.28 Å². The van der Waals surface area contributed by atoms with Crippen LogP contribution in [0.1, 0.15) is 70.5 Å². The van der Waals surface area contributed by atoms with E-state index >= 15 is 0 Å². The molecule has 0 spiro atoms. The fourth-order valence-electron chi connectivity index (χ4n) is 6.05. The molecule has 1 saturated carbocycles. The number of fused-ring (bicyclic) bond motifs is 1. The lowest BCUT2D eigenvalue weighted by Crippen LogP contribution is -2.42. The highest BCUT2D eigenvalue weighted by atomic mass is 35.5. The summed E-state index contributed by atoms with van der Waals surface area (Å²) < 4.78 is 41.1. The molecule has 0 aromatic carbocycles. The number of hydrogen-bond acceptors (Lipinski definition) is 5. The standard InChI is InChI=1S/C27H33ClF3N5S/c1-3-4-6-17(2)23-15-37-25(33-23)22-14-36(24-21(22)12-32-26(28)34-24)20-9-8-18(11-20)19-7-5-10-35(13-19)16-27(29,30)31/h6,12,14-15,18-20H,3-5,7-11,13,16H2,1-2H3/b17-6+. The highest BCUT2D eigenvalue weighted by Crippen LogP contribution is 2.44. The van der Waals surface area contributed by atoms with E-state index in [9.17, 15) is 13.2 Å². The van der Waals surface area contributed by atoms with Gasteiger partial charge in [0.1, 0.15) is 10.7 Å². The Kier molecular flexibility index (Phi) is 7.93. The molecule has 4 heterocycles. The zero-order chi connectivity index (χ0) is 26.2. The number of halogens is 4. The second-order valence-electron chi connectivity index (χ2n) is 10.5. The third kappa shape index (κ3) is 6.04. The molecule has 1 aliphatic carbocycles. The van der Waals surface area contributed by atoms with Gasteiger partial charge in [-0.2, -0.15) is 18.2 Å². The molecule has 3 unspecified atom stereocenters. The van der Waals surface area contributed by atoms with E-state index in [-0.39, 0.29) is 11.3 Å². The van der Waals surface area contributed by atoms with Gasteiger partial charge < -0.3 is 4.57 Å². The Hall–Kier alpha value is -1.97. The van der Waals surface area contributed by atoms with Crippen LogP contribution in [0.2, 0.25) is 5.28 Å². The van der Waals surface area contributed by atoms with Crippen LogP contribution in [-0.2, 0) is 0 Å². The highest BCUT2D eigenvalue weighted by molar-refractivity contribution is 7.13. The van der Waals surface area contributed by atoms with Crippen LogP contribution in [0.15, 0.2) is 23.8 Å². The molecule has 3 atom stereocenters. The second kappa shape index (κ2) is 11.0. The molecule has 3 aromatic rings. The molecule has 10 heteroatoms. The maximum Gasteiger partial charge on any atom is 0.401 e. The van der Waals surface area contributed by atoms with Crippen molar-refractivity contribution in [1.82, 2.24) is 24.4 Å². The van der Waals surface area contributed by atoms with Crippen LogP contribution in [0, 0.1) is 11.8 Å². The minimum atomic E-state index is -4.14. The minimum absolute atomic E-state index is 0.209. The normalized spacial score (nSPS) is 23.8. The van der Waals surface area contributed by atoms with Gasteiger partial charge >= 0.3 is 6.18 Å².